The monoisotopic (exact) mass is 292 g/mol. The zero-order valence-corrected chi connectivity index (χ0v) is 10.4. The van der Waals surface area contributed by atoms with Crippen molar-refractivity contribution in [2.75, 3.05) is 6.54 Å². The van der Waals surface area contributed by atoms with Crippen LogP contribution in [0, 0.1) is 12.3 Å². The third-order valence-corrected chi connectivity index (χ3v) is 2.58. The molecule has 0 fully saturated rings. The Morgan fingerprint density at radius 2 is 2.41 bits per heavy atom. The molecule has 0 aliphatic heterocycles. The van der Waals surface area contributed by atoms with Crippen LogP contribution in [-0.4, -0.2) is 21.7 Å². The Bertz CT molecular complexity index is 546. The van der Waals surface area contributed by atoms with Gasteiger partial charge >= 0.3 is 0 Å². The van der Waals surface area contributed by atoms with Gasteiger partial charge in [0, 0.05) is 10.7 Å². The summed E-state index contributed by atoms with van der Waals surface area (Å²) in [5, 5.41) is 6.82. The van der Waals surface area contributed by atoms with Crippen LogP contribution in [0.15, 0.2) is 27.3 Å². The van der Waals surface area contributed by atoms with Crippen LogP contribution >= 0.6 is 15.9 Å². The molecule has 2 aromatic rings. The van der Waals surface area contributed by atoms with E-state index in [2.05, 4.69) is 42.3 Å². The van der Waals surface area contributed by atoms with Gasteiger partial charge in [0.15, 0.2) is 0 Å². The molecule has 2 rings (SSSR count). The SMILES string of the molecule is C#CCNCc1nc(-c2ncccc2Br)no1. The van der Waals surface area contributed by atoms with Crippen molar-refractivity contribution in [1.82, 2.24) is 20.4 Å². The molecule has 0 aliphatic carbocycles. The summed E-state index contributed by atoms with van der Waals surface area (Å²) < 4.78 is 5.89. The van der Waals surface area contributed by atoms with Gasteiger partial charge in [-0.15, -0.1) is 6.42 Å². The quantitative estimate of drug-likeness (QED) is 0.685. The molecule has 0 aromatic carbocycles. The first kappa shape index (κ1) is 11.8. The Balaban J connectivity index is 2.14. The van der Waals surface area contributed by atoms with Crippen molar-refractivity contribution in [3.05, 3.63) is 28.7 Å². The molecule has 2 heterocycles. The standard InChI is InChI=1S/C11H9BrN4O/c1-2-5-13-7-9-15-11(16-17-9)10-8(12)4-3-6-14-10/h1,3-4,6,13H,5,7H2. The first-order valence-electron chi connectivity index (χ1n) is 4.89. The van der Waals surface area contributed by atoms with Crippen LogP contribution in [0.3, 0.4) is 0 Å². The summed E-state index contributed by atoms with van der Waals surface area (Å²) in [4.78, 5) is 8.39. The molecule has 0 spiro atoms. The Hall–Kier alpha value is -1.71. The van der Waals surface area contributed by atoms with Crippen LogP contribution in [0.5, 0.6) is 0 Å². The van der Waals surface area contributed by atoms with Gasteiger partial charge in [0.25, 0.3) is 0 Å². The fourth-order valence-corrected chi connectivity index (χ4v) is 1.65. The van der Waals surface area contributed by atoms with Crippen molar-refractivity contribution in [3.8, 4) is 23.9 Å². The average molecular weight is 293 g/mol. The molecule has 6 heteroatoms. The van der Waals surface area contributed by atoms with Gasteiger partial charge in [-0.3, -0.25) is 10.3 Å². The second kappa shape index (κ2) is 5.57. The summed E-state index contributed by atoms with van der Waals surface area (Å²) in [6.45, 7) is 0.909. The molecule has 0 amide bonds. The number of pyridine rings is 1. The Morgan fingerprint density at radius 1 is 1.53 bits per heavy atom. The fraction of sp³-hybridized carbons (Fsp3) is 0.182. The first-order valence-corrected chi connectivity index (χ1v) is 5.68. The van der Waals surface area contributed by atoms with E-state index in [-0.39, 0.29) is 0 Å². The maximum Gasteiger partial charge on any atom is 0.240 e. The van der Waals surface area contributed by atoms with E-state index in [0.717, 1.165) is 4.47 Å². The highest BCUT2D eigenvalue weighted by atomic mass is 79.9. The maximum absolute atomic E-state index is 5.11. The largest absolute Gasteiger partial charge is 0.337 e. The van der Waals surface area contributed by atoms with Crippen molar-refractivity contribution in [2.24, 2.45) is 0 Å². The molecular weight excluding hydrogens is 284 g/mol. The predicted molar refractivity (Wildman–Crippen MR) is 65.8 cm³/mol. The molecule has 0 atom stereocenters. The number of aromatic nitrogens is 3. The zero-order chi connectivity index (χ0) is 12.1. The Labute approximate surface area is 107 Å². The molecule has 1 N–H and O–H groups in total. The summed E-state index contributed by atoms with van der Waals surface area (Å²) in [5.74, 6) is 3.40. The molecule has 86 valence electrons. The van der Waals surface area contributed by atoms with Gasteiger partial charge in [0.05, 0.1) is 13.1 Å². The minimum absolute atomic E-state index is 0.446. The van der Waals surface area contributed by atoms with Crippen LogP contribution in [-0.2, 0) is 6.54 Å². The van der Waals surface area contributed by atoms with E-state index in [0.29, 0.717) is 30.5 Å². The summed E-state index contributed by atoms with van der Waals surface area (Å²) in [6.07, 6.45) is 6.79. The zero-order valence-electron chi connectivity index (χ0n) is 8.85. The maximum atomic E-state index is 5.11. The molecule has 2 aromatic heterocycles. The summed E-state index contributed by atoms with van der Waals surface area (Å²) in [6, 6.07) is 3.69. The van der Waals surface area contributed by atoms with Crippen LogP contribution in [0.2, 0.25) is 0 Å². The van der Waals surface area contributed by atoms with Crippen molar-refractivity contribution in [2.45, 2.75) is 6.54 Å². The molecule has 0 unspecified atom stereocenters. The number of terminal acetylenes is 1. The lowest BCUT2D eigenvalue weighted by Gasteiger charge is -1.95. The topological polar surface area (TPSA) is 63.8 Å². The van der Waals surface area contributed by atoms with Gasteiger partial charge in [-0.1, -0.05) is 11.1 Å². The summed E-state index contributed by atoms with van der Waals surface area (Å²) >= 11 is 3.38. The number of hydrogen-bond acceptors (Lipinski definition) is 5. The van der Waals surface area contributed by atoms with Crippen LogP contribution < -0.4 is 5.32 Å². The number of nitrogens with zero attached hydrogens (tertiary/aromatic N) is 3. The van der Waals surface area contributed by atoms with Gasteiger partial charge < -0.3 is 4.52 Å². The molecular formula is C11H9BrN4O. The van der Waals surface area contributed by atoms with E-state index in [1.165, 1.54) is 0 Å². The molecule has 0 radical (unpaired) electrons. The van der Waals surface area contributed by atoms with Crippen molar-refractivity contribution in [3.63, 3.8) is 0 Å². The molecule has 5 nitrogen and oxygen atoms in total. The van der Waals surface area contributed by atoms with E-state index in [9.17, 15) is 0 Å². The van der Waals surface area contributed by atoms with Gasteiger partial charge in [-0.2, -0.15) is 4.98 Å². The van der Waals surface area contributed by atoms with Crippen molar-refractivity contribution < 1.29 is 4.52 Å². The molecule has 0 saturated carbocycles. The van der Waals surface area contributed by atoms with Crippen LogP contribution in [0.4, 0.5) is 0 Å². The minimum Gasteiger partial charge on any atom is -0.337 e. The van der Waals surface area contributed by atoms with E-state index < -0.39 is 0 Å². The third-order valence-electron chi connectivity index (χ3n) is 1.94. The Morgan fingerprint density at radius 3 is 3.18 bits per heavy atom. The highest BCUT2D eigenvalue weighted by Crippen LogP contribution is 2.22. The smallest absolute Gasteiger partial charge is 0.240 e. The third kappa shape index (κ3) is 2.90. The highest BCUT2D eigenvalue weighted by Gasteiger charge is 2.11. The fourth-order valence-electron chi connectivity index (χ4n) is 1.21. The highest BCUT2D eigenvalue weighted by molar-refractivity contribution is 9.10. The number of nitrogens with one attached hydrogen (secondary N) is 1. The number of rotatable bonds is 4. The number of halogens is 1. The lowest BCUT2D eigenvalue weighted by Crippen LogP contribution is -2.13. The Kier molecular flexibility index (Phi) is 3.85. The minimum atomic E-state index is 0.446. The lowest BCUT2D eigenvalue weighted by molar-refractivity contribution is 0.370. The summed E-state index contributed by atoms with van der Waals surface area (Å²) in [7, 11) is 0. The summed E-state index contributed by atoms with van der Waals surface area (Å²) in [5.41, 5.74) is 0.652. The number of hydrogen-bond donors (Lipinski definition) is 1. The molecule has 0 saturated heterocycles. The van der Waals surface area contributed by atoms with E-state index in [4.69, 9.17) is 10.9 Å². The van der Waals surface area contributed by atoms with E-state index in [1.54, 1.807) is 6.20 Å². The van der Waals surface area contributed by atoms with Gasteiger partial charge in [-0.25, -0.2) is 0 Å². The van der Waals surface area contributed by atoms with Crippen LogP contribution in [0.25, 0.3) is 11.5 Å². The predicted octanol–water partition coefficient (Wildman–Crippen LogP) is 1.62. The lowest BCUT2D eigenvalue weighted by atomic mass is 10.3. The first-order chi connectivity index (χ1) is 8.31. The molecule has 17 heavy (non-hydrogen) atoms. The van der Waals surface area contributed by atoms with Crippen LogP contribution in [0.1, 0.15) is 5.89 Å². The van der Waals surface area contributed by atoms with Gasteiger partial charge in [0.1, 0.15) is 5.69 Å². The molecule has 0 bridgehead atoms. The van der Waals surface area contributed by atoms with Crippen molar-refractivity contribution in [1.29, 1.82) is 0 Å². The second-order valence-corrected chi connectivity index (χ2v) is 4.01. The normalized spacial score (nSPS) is 10.1. The van der Waals surface area contributed by atoms with Crippen molar-refractivity contribution >= 4 is 15.9 Å². The van der Waals surface area contributed by atoms with Gasteiger partial charge in [0.2, 0.25) is 11.7 Å². The van der Waals surface area contributed by atoms with E-state index >= 15 is 0 Å². The van der Waals surface area contributed by atoms with Gasteiger partial charge in [-0.05, 0) is 28.1 Å². The van der Waals surface area contributed by atoms with E-state index in [1.807, 2.05) is 12.1 Å². The average Bonchev–Trinajstić information content (AvgIpc) is 2.79. The second-order valence-electron chi connectivity index (χ2n) is 3.15. The molecule has 0 aliphatic rings.